The fourth-order valence-electron chi connectivity index (χ4n) is 5.13. The molecule has 3 aromatic rings. The van der Waals surface area contributed by atoms with Crippen molar-refractivity contribution in [3.05, 3.63) is 111 Å². The van der Waals surface area contributed by atoms with Crippen LogP contribution in [-0.4, -0.2) is 41.1 Å². The number of carbonyl (C=O) groups excluding carboxylic acids is 2. The summed E-state index contributed by atoms with van der Waals surface area (Å²) in [6.45, 7) is 0.688. The van der Waals surface area contributed by atoms with Crippen molar-refractivity contribution in [2.75, 3.05) is 18.4 Å². The average molecular weight is 566 g/mol. The summed E-state index contributed by atoms with van der Waals surface area (Å²) in [7, 11) is 0. The van der Waals surface area contributed by atoms with Crippen molar-refractivity contribution in [2.45, 2.75) is 31.2 Å². The third-order valence-electron chi connectivity index (χ3n) is 7.17. The van der Waals surface area contributed by atoms with E-state index < -0.39 is 0 Å². The first-order valence-electron chi connectivity index (χ1n) is 12.6. The zero-order chi connectivity index (χ0) is 27.5. The fraction of sp³-hybridized carbons (Fsp3) is 0.233. The van der Waals surface area contributed by atoms with Gasteiger partial charge < -0.3 is 15.3 Å². The summed E-state index contributed by atoms with van der Waals surface area (Å²) in [6.07, 6.45) is 2.57. The van der Waals surface area contributed by atoms with E-state index in [0.29, 0.717) is 28.7 Å². The van der Waals surface area contributed by atoms with Crippen LogP contribution < -0.4 is 5.32 Å². The van der Waals surface area contributed by atoms with Crippen LogP contribution in [0.4, 0.5) is 14.9 Å². The Morgan fingerprint density at radius 2 is 1.85 bits per heavy atom. The van der Waals surface area contributed by atoms with Crippen molar-refractivity contribution in [1.29, 1.82) is 0 Å². The lowest BCUT2D eigenvalue weighted by atomic mass is 9.83. The van der Waals surface area contributed by atoms with Crippen LogP contribution in [0.5, 0.6) is 0 Å². The van der Waals surface area contributed by atoms with E-state index in [2.05, 4.69) is 10.3 Å². The summed E-state index contributed by atoms with van der Waals surface area (Å²) in [5.41, 5.74) is 3.61. The van der Waals surface area contributed by atoms with E-state index in [-0.39, 0.29) is 60.3 Å². The second-order valence-electron chi connectivity index (χ2n) is 9.65. The predicted molar refractivity (Wildman–Crippen MR) is 151 cm³/mol. The van der Waals surface area contributed by atoms with Crippen LogP contribution in [0.1, 0.15) is 41.5 Å². The number of fused-ring (bicyclic) bond motifs is 1. The van der Waals surface area contributed by atoms with E-state index in [1.54, 1.807) is 35.2 Å². The number of nitrogens with one attached hydrogen (secondary N) is 1. The van der Waals surface area contributed by atoms with Crippen molar-refractivity contribution in [3.63, 3.8) is 0 Å². The quantitative estimate of drug-likeness (QED) is 0.318. The van der Waals surface area contributed by atoms with E-state index in [9.17, 15) is 19.1 Å². The number of Topliss-reactive ketones (excluding diaryl/α,β-unsaturated/α-hetero) is 1. The summed E-state index contributed by atoms with van der Waals surface area (Å²) in [5.74, 6) is -0.837. The van der Waals surface area contributed by atoms with Gasteiger partial charge in [-0.15, -0.1) is 0 Å². The third-order valence-corrected chi connectivity index (χ3v) is 7.91. The van der Waals surface area contributed by atoms with Gasteiger partial charge in [-0.05, 0) is 59.4 Å². The van der Waals surface area contributed by atoms with Crippen LogP contribution >= 0.6 is 23.2 Å². The van der Waals surface area contributed by atoms with Gasteiger partial charge in [-0.3, -0.25) is 9.79 Å². The van der Waals surface area contributed by atoms with Gasteiger partial charge in [0.15, 0.2) is 5.78 Å². The molecule has 6 nitrogen and oxygen atoms in total. The van der Waals surface area contributed by atoms with Gasteiger partial charge in [-0.25, -0.2) is 9.18 Å². The molecular formula is C30H26Cl2FN3O3. The topological polar surface area (TPSA) is 82.0 Å². The molecule has 200 valence electrons. The molecule has 1 unspecified atom stereocenters. The van der Waals surface area contributed by atoms with Gasteiger partial charge in [-0.2, -0.15) is 0 Å². The molecule has 0 bridgehead atoms. The van der Waals surface area contributed by atoms with Crippen LogP contribution in [0.25, 0.3) is 0 Å². The van der Waals surface area contributed by atoms with Gasteiger partial charge in [0.1, 0.15) is 11.6 Å². The molecule has 2 amide bonds. The molecule has 5 rings (SSSR count). The Labute approximate surface area is 235 Å². The summed E-state index contributed by atoms with van der Waals surface area (Å²) in [5, 5.41) is 14.3. The van der Waals surface area contributed by atoms with Gasteiger partial charge in [-0.1, -0.05) is 59.6 Å². The van der Waals surface area contributed by atoms with Crippen molar-refractivity contribution >= 4 is 46.9 Å². The SMILES string of the molecule is O=C1CC(c2ccc(F)cc2)CC(O)=C1C=NC[C@@H]1c2ccccc2CCN1C(=O)Nc1ccc(Cl)c(Cl)c1. The number of ketones is 1. The van der Waals surface area contributed by atoms with Crippen LogP contribution in [0.15, 0.2) is 83.1 Å². The Morgan fingerprint density at radius 3 is 2.59 bits per heavy atom. The molecule has 1 heterocycles. The standard InChI is InChI=1S/C30H26Cl2FN3O3/c31-25-10-9-22(15-26(25)32)35-30(39)36-12-11-19-3-1-2-4-23(19)27(36)17-34-16-24-28(37)13-20(14-29(24)38)18-5-7-21(33)8-6-18/h1-10,15-16,20,27,37H,11-14,17H2,(H,35,39)/t20?,27-/m1/s1. The molecule has 2 atom stereocenters. The molecule has 2 aliphatic rings. The summed E-state index contributed by atoms with van der Waals surface area (Å²) >= 11 is 12.1. The highest BCUT2D eigenvalue weighted by Gasteiger charge is 2.31. The minimum Gasteiger partial charge on any atom is -0.511 e. The lowest BCUT2D eigenvalue weighted by molar-refractivity contribution is -0.116. The fourth-order valence-corrected chi connectivity index (χ4v) is 5.43. The molecule has 3 aromatic carbocycles. The monoisotopic (exact) mass is 565 g/mol. The molecule has 39 heavy (non-hydrogen) atoms. The number of aliphatic hydroxyl groups is 1. The molecule has 0 saturated carbocycles. The lowest BCUT2D eigenvalue weighted by Crippen LogP contribution is -2.43. The van der Waals surface area contributed by atoms with Gasteiger partial charge in [0.2, 0.25) is 0 Å². The Hall–Kier alpha value is -3.68. The first-order valence-corrected chi connectivity index (χ1v) is 13.4. The highest BCUT2D eigenvalue weighted by Crippen LogP contribution is 2.34. The zero-order valence-corrected chi connectivity index (χ0v) is 22.4. The molecular weight excluding hydrogens is 540 g/mol. The summed E-state index contributed by atoms with van der Waals surface area (Å²) in [6, 6.07) is 18.1. The van der Waals surface area contributed by atoms with E-state index in [1.807, 2.05) is 24.3 Å². The summed E-state index contributed by atoms with van der Waals surface area (Å²) < 4.78 is 13.3. The van der Waals surface area contributed by atoms with Crippen molar-refractivity contribution in [1.82, 2.24) is 4.90 Å². The molecule has 0 saturated heterocycles. The number of benzene rings is 3. The molecule has 1 aliphatic heterocycles. The normalized spacial score (nSPS) is 19.4. The second-order valence-corrected chi connectivity index (χ2v) is 10.5. The maximum Gasteiger partial charge on any atom is 0.322 e. The van der Waals surface area contributed by atoms with Crippen LogP contribution in [0, 0.1) is 5.82 Å². The van der Waals surface area contributed by atoms with E-state index in [0.717, 1.165) is 16.7 Å². The Morgan fingerprint density at radius 1 is 1.08 bits per heavy atom. The first kappa shape index (κ1) is 26.9. The predicted octanol–water partition coefficient (Wildman–Crippen LogP) is 7.29. The zero-order valence-electron chi connectivity index (χ0n) is 20.9. The van der Waals surface area contributed by atoms with E-state index in [4.69, 9.17) is 23.2 Å². The molecule has 0 radical (unpaired) electrons. The van der Waals surface area contributed by atoms with Gasteiger partial charge in [0.25, 0.3) is 0 Å². The van der Waals surface area contributed by atoms with Gasteiger partial charge in [0.05, 0.1) is 28.2 Å². The Balaban J connectivity index is 1.34. The van der Waals surface area contributed by atoms with Gasteiger partial charge >= 0.3 is 6.03 Å². The average Bonchev–Trinajstić information content (AvgIpc) is 2.92. The van der Waals surface area contributed by atoms with Crippen LogP contribution in [0.2, 0.25) is 10.0 Å². The number of urea groups is 1. The number of anilines is 1. The molecule has 0 aromatic heterocycles. The first-order chi connectivity index (χ1) is 18.8. The highest BCUT2D eigenvalue weighted by molar-refractivity contribution is 6.42. The van der Waals surface area contributed by atoms with Crippen molar-refractivity contribution < 1.29 is 19.1 Å². The lowest BCUT2D eigenvalue weighted by Gasteiger charge is -2.36. The number of halogens is 3. The number of amides is 2. The largest absolute Gasteiger partial charge is 0.511 e. The Kier molecular flexibility index (Phi) is 8.00. The second kappa shape index (κ2) is 11.6. The maximum absolute atomic E-state index is 13.3. The minimum absolute atomic E-state index is 0.0393. The number of aliphatic imine (C=N–C) groups is 1. The molecule has 0 fully saturated rings. The van der Waals surface area contributed by atoms with Gasteiger partial charge in [0, 0.05) is 31.3 Å². The molecule has 0 spiro atoms. The third kappa shape index (κ3) is 6.00. The smallest absolute Gasteiger partial charge is 0.322 e. The van der Waals surface area contributed by atoms with Crippen molar-refractivity contribution in [2.24, 2.45) is 4.99 Å². The van der Waals surface area contributed by atoms with Crippen molar-refractivity contribution in [3.8, 4) is 0 Å². The number of allylic oxidation sites excluding steroid dienone is 2. The minimum atomic E-state index is -0.373. The number of hydrogen-bond donors (Lipinski definition) is 2. The summed E-state index contributed by atoms with van der Waals surface area (Å²) in [4.78, 5) is 32.4. The highest BCUT2D eigenvalue weighted by atomic mass is 35.5. The number of nitrogens with zero attached hydrogens (tertiary/aromatic N) is 2. The van der Waals surface area contributed by atoms with Crippen LogP contribution in [0.3, 0.4) is 0 Å². The van der Waals surface area contributed by atoms with E-state index >= 15 is 0 Å². The number of carbonyl (C=O) groups is 2. The molecule has 9 heteroatoms. The Bertz CT molecular complexity index is 1470. The maximum atomic E-state index is 13.3. The number of hydrogen-bond acceptors (Lipinski definition) is 4. The number of rotatable bonds is 5. The van der Waals surface area contributed by atoms with E-state index in [1.165, 1.54) is 18.3 Å². The van der Waals surface area contributed by atoms with Crippen LogP contribution in [-0.2, 0) is 11.2 Å². The molecule has 2 N–H and O–H groups in total. The molecule has 1 aliphatic carbocycles. The number of aliphatic hydroxyl groups excluding tert-OH is 1.